The van der Waals surface area contributed by atoms with E-state index in [9.17, 15) is 9.59 Å². The van der Waals surface area contributed by atoms with Crippen molar-refractivity contribution in [1.29, 1.82) is 0 Å². The van der Waals surface area contributed by atoms with Crippen molar-refractivity contribution in [2.75, 3.05) is 19.6 Å². The number of hydrogen-bond donors (Lipinski definition) is 3. The summed E-state index contributed by atoms with van der Waals surface area (Å²) in [5, 5.41) is 14.7. The molecule has 6 heteroatoms. The molecule has 6 nitrogen and oxygen atoms in total. The molecular weight excluding hydrogens is 258 g/mol. The molecule has 2 fully saturated rings. The molecule has 0 atom stereocenters. The Hall–Kier alpha value is -1.30. The lowest BCUT2D eigenvalue weighted by Gasteiger charge is -2.42. The van der Waals surface area contributed by atoms with Crippen LogP contribution < -0.4 is 10.6 Å². The minimum Gasteiger partial charge on any atom is -0.480 e. The SMILES string of the molecule is CCN(CC(=O)O)C1CC(NC(=O)NCCC2CC2)C1. The number of amides is 2. The van der Waals surface area contributed by atoms with E-state index in [0.29, 0.717) is 0 Å². The van der Waals surface area contributed by atoms with Crippen molar-refractivity contribution in [1.82, 2.24) is 15.5 Å². The van der Waals surface area contributed by atoms with Gasteiger partial charge in [0.15, 0.2) is 0 Å². The second kappa shape index (κ2) is 6.92. The Bertz CT molecular complexity index is 352. The molecule has 114 valence electrons. The molecule has 0 radical (unpaired) electrons. The predicted octanol–water partition coefficient (Wildman–Crippen LogP) is 1.02. The molecule has 0 aromatic carbocycles. The smallest absolute Gasteiger partial charge is 0.317 e. The van der Waals surface area contributed by atoms with Crippen LogP contribution in [0.4, 0.5) is 4.79 Å². The summed E-state index contributed by atoms with van der Waals surface area (Å²) in [7, 11) is 0. The van der Waals surface area contributed by atoms with Gasteiger partial charge in [0.05, 0.1) is 6.54 Å². The topological polar surface area (TPSA) is 81.7 Å². The van der Waals surface area contributed by atoms with Crippen molar-refractivity contribution in [3.05, 3.63) is 0 Å². The van der Waals surface area contributed by atoms with Crippen molar-refractivity contribution < 1.29 is 14.7 Å². The second-order valence-corrected chi connectivity index (χ2v) is 5.91. The summed E-state index contributed by atoms with van der Waals surface area (Å²) >= 11 is 0. The summed E-state index contributed by atoms with van der Waals surface area (Å²) in [5.74, 6) is 0.0404. The van der Waals surface area contributed by atoms with Crippen LogP contribution in [0.5, 0.6) is 0 Å². The zero-order chi connectivity index (χ0) is 14.5. The molecular formula is C14H25N3O3. The fourth-order valence-electron chi connectivity index (χ4n) is 2.71. The Labute approximate surface area is 119 Å². The lowest BCUT2D eigenvalue weighted by atomic mass is 9.85. The molecule has 2 amide bonds. The number of urea groups is 1. The lowest BCUT2D eigenvalue weighted by Crippen LogP contribution is -2.56. The minimum absolute atomic E-state index is 0.0848. The van der Waals surface area contributed by atoms with Gasteiger partial charge >= 0.3 is 12.0 Å². The van der Waals surface area contributed by atoms with Crippen molar-refractivity contribution in [3.8, 4) is 0 Å². The molecule has 3 N–H and O–H groups in total. The summed E-state index contributed by atoms with van der Waals surface area (Å²) in [6.45, 7) is 3.54. The van der Waals surface area contributed by atoms with Gasteiger partial charge in [-0.1, -0.05) is 19.8 Å². The molecule has 0 bridgehead atoms. The number of carboxylic acid groups (broad SMARTS) is 1. The highest BCUT2D eigenvalue weighted by Crippen LogP contribution is 2.31. The molecule has 2 rings (SSSR count). The lowest BCUT2D eigenvalue weighted by molar-refractivity contribution is -0.139. The van der Waals surface area contributed by atoms with Crippen LogP contribution in [0.1, 0.15) is 39.0 Å². The van der Waals surface area contributed by atoms with Crippen molar-refractivity contribution >= 4 is 12.0 Å². The number of rotatable bonds is 8. The average Bonchev–Trinajstić information content (AvgIpc) is 3.14. The number of nitrogens with one attached hydrogen (secondary N) is 2. The number of aliphatic carboxylic acids is 1. The third-order valence-electron chi connectivity index (χ3n) is 4.24. The number of hydrogen-bond acceptors (Lipinski definition) is 3. The Kier molecular flexibility index (Phi) is 5.23. The molecule has 2 saturated carbocycles. The number of carbonyl (C=O) groups is 2. The quantitative estimate of drug-likeness (QED) is 0.621. The molecule has 0 aliphatic heterocycles. The highest BCUT2D eigenvalue weighted by molar-refractivity contribution is 5.74. The molecule has 2 aliphatic rings. The van der Waals surface area contributed by atoms with E-state index in [1.165, 1.54) is 12.8 Å². The maximum absolute atomic E-state index is 11.6. The van der Waals surface area contributed by atoms with Crippen molar-refractivity contribution in [2.45, 2.75) is 51.1 Å². The van der Waals surface area contributed by atoms with Gasteiger partial charge in [0.2, 0.25) is 0 Å². The predicted molar refractivity (Wildman–Crippen MR) is 75.6 cm³/mol. The fourth-order valence-corrected chi connectivity index (χ4v) is 2.71. The highest BCUT2D eigenvalue weighted by Gasteiger charge is 2.34. The maximum atomic E-state index is 11.6. The first-order valence-corrected chi connectivity index (χ1v) is 7.58. The third kappa shape index (κ3) is 4.67. The molecule has 0 unspecified atom stereocenters. The van der Waals surface area contributed by atoms with E-state index in [1.54, 1.807) is 0 Å². The summed E-state index contributed by atoms with van der Waals surface area (Å²) in [4.78, 5) is 24.3. The number of carboxylic acids is 1. The molecule has 0 aromatic heterocycles. The molecule has 0 spiro atoms. The van der Waals surface area contributed by atoms with Gasteiger partial charge < -0.3 is 15.7 Å². The average molecular weight is 283 g/mol. The van der Waals surface area contributed by atoms with Crippen LogP contribution in [-0.4, -0.2) is 53.7 Å². The van der Waals surface area contributed by atoms with Gasteiger partial charge in [-0.15, -0.1) is 0 Å². The molecule has 0 heterocycles. The first-order chi connectivity index (χ1) is 9.58. The summed E-state index contributed by atoms with van der Waals surface area (Å²) in [6.07, 6.45) is 5.39. The zero-order valence-corrected chi connectivity index (χ0v) is 12.1. The number of likely N-dealkylation sites (N-methyl/N-ethyl adjacent to an activating group) is 1. The van der Waals surface area contributed by atoms with E-state index in [2.05, 4.69) is 10.6 Å². The molecule has 2 aliphatic carbocycles. The Balaban J connectivity index is 1.57. The first kappa shape index (κ1) is 15.1. The van der Waals surface area contributed by atoms with Crippen LogP contribution in [0.15, 0.2) is 0 Å². The van der Waals surface area contributed by atoms with Gasteiger partial charge in [-0.05, 0) is 31.7 Å². The number of carbonyl (C=O) groups excluding carboxylic acids is 1. The van der Waals surface area contributed by atoms with Crippen LogP contribution >= 0.6 is 0 Å². The van der Waals surface area contributed by atoms with Gasteiger partial charge in [0.25, 0.3) is 0 Å². The van der Waals surface area contributed by atoms with Crippen molar-refractivity contribution in [3.63, 3.8) is 0 Å². The molecule has 0 saturated heterocycles. The Morgan fingerprint density at radius 3 is 2.55 bits per heavy atom. The zero-order valence-electron chi connectivity index (χ0n) is 12.1. The second-order valence-electron chi connectivity index (χ2n) is 5.91. The van der Waals surface area contributed by atoms with E-state index in [1.807, 2.05) is 11.8 Å². The van der Waals surface area contributed by atoms with Crippen LogP contribution in [0, 0.1) is 5.92 Å². The molecule has 20 heavy (non-hydrogen) atoms. The van der Waals surface area contributed by atoms with Gasteiger partial charge in [-0.3, -0.25) is 9.69 Å². The van der Waals surface area contributed by atoms with E-state index in [0.717, 1.165) is 38.3 Å². The van der Waals surface area contributed by atoms with Crippen molar-refractivity contribution in [2.24, 2.45) is 5.92 Å². The van der Waals surface area contributed by atoms with E-state index >= 15 is 0 Å². The van der Waals surface area contributed by atoms with Crippen LogP contribution in [0.25, 0.3) is 0 Å². The van der Waals surface area contributed by atoms with Gasteiger partial charge in [-0.2, -0.15) is 0 Å². The summed E-state index contributed by atoms with van der Waals surface area (Å²) < 4.78 is 0. The summed E-state index contributed by atoms with van der Waals surface area (Å²) in [5.41, 5.74) is 0. The van der Waals surface area contributed by atoms with Crippen LogP contribution in [0.3, 0.4) is 0 Å². The normalized spacial score (nSPS) is 25.1. The van der Waals surface area contributed by atoms with E-state index in [-0.39, 0.29) is 24.7 Å². The summed E-state index contributed by atoms with van der Waals surface area (Å²) in [6, 6.07) is 0.381. The minimum atomic E-state index is -0.791. The van der Waals surface area contributed by atoms with Crippen LogP contribution in [-0.2, 0) is 4.79 Å². The first-order valence-electron chi connectivity index (χ1n) is 7.58. The third-order valence-corrected chi connectivity index (χ3v) is 4.24. The molecule has 0 aromatic rings. The Morgan fingerprint density at radius 1 is 1.30 bits per heavy atom. The largest absolute Gasteiger partial charge is 0.480 e. The van der Waals surface area contributed by atoms with Crippen LogP contribution in [0.2, 0.25) is 0 Å². The number of nitrogens with zero attached hydrogens (tertiary/aromatic N) is 1. The standard InChI is InChI=1S/C14H25N3O3/c1-2-17(9-13(18)19)12-7-11(8-12)16-14(20)15-6-5-10-3-4-10/h10-12H,2-9H2,1H3,(H,18,19)(H2,15,16,20). The van der Waals surface area contributed by atoms with Gasteiger partial charge in [0, 0.05) is 18.6 Å². The van der Waals surface area contributed by atoms with Gasteiger partial charge in [0.1, 0.15) is 0 Å². The monoisotopic (exact) mass is 283 g/mol. The Morgan fingerprint density at radius 2 is 2.00 bits per heavy atom. The van der Waals surface area contributed by atoms with Gasteiger partial charge in [-0.25, -0.2) is 4.79 Å². The fraction of sp³-hybridized carbons (Fsp3) is 0.857. The highest BCUT2D eigenvalue weighted by atomic mass is 16.4. The van der Waals surface area contributed by atoms with E-state index in [4.69, 9.17) is 5.11 Å². The van der Waals surface area contributed by atoms with E-state index < -0.39 is 5.97 Å². The maximum Gasteiger partial charge on any atom is 0.317 e.